The van der Waals surface area contributed by atoms with Crippen LogP contribution < -0.4 is 5.32 Å². The maximum absolute atomic E-state index is 13.2. The smallest absolute Gasteiger partial charge is 0.338 e. The number of fused-ring (bicyclic) bond motifs is 1. The highest BCUT2D eigenvalue weighted by Gasteiger charge is 2.10. The zero-order chi connectivity index (χ0) is 15.5. The minimum Gasteiger partial charge on any atom is -0.462 e. The summed E-state index contributed by atoms with van der Waals surface area (Å²) in [7, 11) is 0. The topological polar surface area (TPSA) is 67.0 Å². The number of rotatable bonds is 4. The number of aromatic amines is 1. The Morgan fingerprint density at radius 1 is 1.32 bits per heavy atom. The molecule has 0 bridgehead atoms. The summed E-state index contributed by atoms with van der Waals surface area (Å²) in [5.74, 6) is -0.231. The highest BCUT2D eigenvalue weighted by molar-refractivity contribution is 5.94. The Labute approximate surface area is 126 Å². The Bertz CT molecular complexity index is 829. The van der Waals surface area contributed by atoms with Crippen LogP contribution in [0.15, 0.2) is 42.5 Å². The number of nitrogens with zero attached hydrogens (tertiary/aromatic N) is 1. The summed E-state index contributed by atoms with van der Waals surface area (Å²) < 4.78 is 18.1. The number of anilines is 2. The number of benzene rings is 2. The van der Waals surface area contributed by atoms with Crippen LogP contribution in [0.25, 0.3) is 11.0 Å². The second-order valence-corrected chi connectivity index (χ2v) is 4.67. The minimum atomic E-state index is -0.376. The molecule has 0 aliphatic carbocycles. The summed E-state index contributed by atoms with van der Waals surface area (Å²) in [6.45, 7) is 2.08. The fourth-order valence-electron chi connectivity index (χ4n) is 2.11. The van der Waals surface area contributed by atoms with Gasteiger partial charge in [0.1, 0.15) is 5.82 Å². The Kier molecular flexibility index (Phi) is 3.74. The van der Waals surface area contributed by atoms with Crippen molar-refractivity contribution >= 4 is 28.6 Å². The number of hydrogen-bond acceptors (Lipinski definition) is 4. The van der Waals surface area contributed by atoms with E-state index in [0.717, 1.165) is 0 Å². The summed E-state index contributed by atoms with van der Waals surface area (Å²) >= 11 is 0. The van der Waals surface area contributed by atoms with E-state index in [4.69, 9.17) is 4.74 Å². The van der Waals surface area contributed by atoms with E-state index in [9.17, 15) is 9.18 Å². The molecule has 0 spiro atoms. The van der Waals surface area contributed by atoms with Gasteiger partial charge in [-0.05, 0) is 43.3 Å². The van der Waals surface area contributed by atoms with Gasteiger partial charge in [0.2, 0.25) is 5.95 Å². The van der Waals surface area contributed by atoms with Crippen LogP contribution in [0.1, 0.15) is 17.3 Å². The lowest BCUT2D eigenvalue weighted by atomic mass is 10.2. The summed E-state index contributed by atoms with van der Waals surface area (Å²) in [6.07, 6.45) is 0. The maximum atomic E-state index is 13.2. The molecule has 0 fully saturated rings. The average Bonchev–Trinajstić information content (AvgIpc) is 2.88. The number of carbonyl (C=O) groups is 1. The number of imidazole rings is 1. The van der Waals surface area contributed by atoms with Gasteiger partial charge in [0.05, 0.1) is 23.2 Å². The van der Waals surface area contributed by atoms with E-state index >= 15 is 0 Å². The summed E-state index contributed by atoms with van der Waals surface area (Å²) in [5.41, 5.74) is 2.44. The van der Waals surface area contributed by atoms with Crippen molar-refractivity contribution in [3.63, 3.8) is 0 Å². The zero-order valence-corrected chi connectivity index (χ0v) is 11.9. The second-order valence-electron chi connectivity index (χ2n) is 4.67. The lowest BCUT2D eigenvalue weighted by molar-refractivity contribution is 0.0526. The number of carbonyl (C=O) groups excluding carboxylic acids is 1. The molecular formula is C16H14FN3O2. The van der Waals surface area contributed by atoms with Crippen molar-refractivity contribution in [3.05, 3.63) is 53.8 Å². The summed E-state index contributed by atoms with van der Waals surface area (Å²) in [5, 5.41) is 2.99. The van der Waals surface area contributed by atoms with Gasteiger partial charge in [-0.3, -0.25) is 0 Å². The standard InChI is InChI=1S/C16H14FN3O2/c1-2-22-15(21)10-6-7-13-14(8-10)20-16(19-13)18-12-5-3-4-11(17)9-12/h3-9H,2H2,1H3,(H2,18,19,20). The Hall–Kier alpha value is -2.89. The average molecular weight is 299 g/mol. The minimum absolute atomic E-state index is 0.326. The van der Waals surface area contributed by atoms with Gasteiger partial charge in [0.15, 0.2) is 0 Å². The van der Waals surface area contributed by atoms with Crippen LogP contribution in [0, 0.1) is 5.82 Å². The normalized spacial score (nSPS) is 10.6. The molecule has 2 N–H and O–H groups in total. The number of esters is 1. The van der Waals surface area contributed by atoms with Crippen molar-refractivity contribution < 1.29 is 13.9 Å². The van der Waals surface area contributed by atoms with Gasteiger partial charge in [0, 0.05) is 5.69 Å². The fourth-order valence-corrected chi connectivity index (χ4v) is 2.11. The van der Waals surface area contributed by atoms with Gasteiger partial charge in [-0.1, -0.05) is 6.07 Å². The number of H-pyrrole nitrogens is 1. The predicted molar refractivity (Wildman–Crippen MR) is 81.7 cm³/mol. The third-order valence-electron chi connectivity index (χ3n) is 3.08. The maximum Gasteiger partial charge on any atom is 0.338 e. The molecule has 1 aromatic heterocycles. The molecule has 3 rings (SSSR count). The van der Waals surface area contributed by atoms with E-state index in [1.54, 1.807) is 37.3 Å². The van der Waals surface area contributed by atoms with Gasteiger partial charge < -0.3 is 15.0 Å². The molecule has 5 nitrogen and oxygen atoms in total. The first-order chi connectivity index (χ1) is 10.7. The van der Waals surface area contributed by atoms with Gasteiger partial charge in [-0.15, -0.1) is 0 Å². The van der Waals surface area contributed by atoms with E-state index in [1.807, 2.05) is 0 Å². The largest absolute Gasteiger partial charge is 0.462 e. The number of ether oxygens (including phenoxy) is 1. The third-order valence-corrected chi connectivity index (χ3v) is 3.08. The van der Waals surface area contributed by atoms with Crippen molar-refractivity contribution in [1.29, 1.82) is 0 Å². The molecule has 6 heteroatoms. The summed E-state index contributed by atoms with van der Waals surface area (Å²) in [6, 6.07) is 11.2. The molecule has 3 aromatic rings. The SMILES string of the molecule is CCOC(=O)c1ccc2nc(Nc3cccc(F)c3)[nH]c2c1. The third kappa shape index (κ3) is 2.90. The van der Waals surface area contributed by atoms with Crippen LogP contribution in [0.5, 0.6) is 0 Å². The van der Waals surface area contributed by atoms with Crippen molar-refractivity contribution in [2.75, 3.05) is 11.9 Å². The zero-order valence-electron chi connectivity index (χ0n) is 11.9. The predicted octanol–water partition coefficient (Wildman–Crippen LogP) is 3.62. The highest BCUT2D eigenvalue weighted by atomic mass is 19.1. The van der Waals surface area contributed by atoms with Crippen LogP contribution >= 0.6 is 0 Å². The van der Waals surface area contributed by atoms with E-state index in [0.29, 0.717) is 34.8 Å². The quantitative estimate of drug-likeness (QED) is 0.722. The Balaban J connectivity index is 1.88. The number of hydrogen-bond donors (Lipinski definition) is 2. The Morgan fingerprint density at radius 2 is 2.18 bits per heavy atom. The molecule has 0 saturated heterocycles. The first-order valence-electron chi connectivity index (χ1n) is 6.85. The number of halogens is 1. The van der Waals surface area contributed by atoms with Crippen LogP contribution in [-0.2, 0) is 4.74 Å². The van der Waals surface area contributed by atoms with Crippen LogP contribution in [0.4, 0.5) is 16.0 Å². The van der Waals surface area contributed by atoms with Crippen molar-refractivity contribution in [2.45, 2.75) is 6.92 Å². The number of aromatic nitrogens is 2. The van der Waals surface area contributed by atoms with Crippen LogP contribution in [0.2, 0.25) is 0 Å². The molecule has 0 atom stereocenters. The molecule has 0 aliphatic heterocycles. The van der Waals surface area contributed by atoms with E-state index in [1.165, 1.54) is 12.1 Å². The van der Waals surface area contributed by atoms with E-state index in [-0.39, 0.29) is 11.8 Å². The lowest BCUT2D eigenvalue weighted by Gasteiger charge is -2.01. The molecule has 0 unspecified atom stereocenters. The molecule has 1 heterocycles. The molecule has 0 aliphatic rings. The van der Waals surface area contributed by atoms with Crippen LogP contribution in [0.3, 0.4) is 0 Å². The van der Waals surface area contributed by atoms with Gasteiger partial charge in [0.25, 0.3) is 0 Å². The lowest BCUT2D eigenvalue weighted by Crippen LogP contribution is -2.04. The molecule has 0 radical (unpaired) electrons. The molecule has 22 heavy (non-hydrogen) atoms. The van der Waals surface area contributed by atoms with Crippen molar-refractivity contribution in [2.24, 2.45) is 0 Å². The van der Waals surface area contributed by atoms with Gasteiger partial charge in [-0.2, -0.15) is 0 Å². The van der Waals surface area contributed by atoms with Crippen LogP contribution in [-0.4, -0.2) is 22.5 Å². The monoisotopic (exact) mass is 299 g/mol. The fraction of sp³-hybridized carbons (Fsp3) is 0.125. The molecule has 112 valence electrons. The van der Waals surface area contributed by atoms with Crippen molar-refractivity contribution in [3.8, 4) is 0 Å². The van der Waals surface area contributed by atoms with Crippen molar-refractivity contribution in [1.82, 2.24) is 9.97 Å². The molecule has 2 aromatic carbocycles. The second kappa shape index (κ2) is 5.85. The van der Waals surface area contributed by atoms with E-state index in [2.05, 4.69) is 15.3 Å². The molecular weight excluding hydrogens is 285 g/mol. The summed E-state index contributed by atoms with van der Waals surface area (Å²) in [4.78, 5) is 19.1. The van der Waals surface area contributed by atoms with Gasteiger partial charge >= 0.3 is 5.97 Å². The first-order valence-corrected chi connectivity index (χ1v) is 6.85. The Morgan fingerprint density at radius 3 is 2.95 bits per heavy atom. The molecule has 0 amide bonds. The van der Waals surface area contributed by atoms with Gasteiger partial charge in [-0.25, -0.2) is 14.2 Å². The number of nitrogens with one attached hydrogen (secondary N) is 2. The molecule has 0 saturated carbocycles. The first kappa shape index (κ1) is 14.1. The van der Waals surface area contributed by atoms with E-state index < -0.39 is 0 Å². The highest BCUT2D eigenvalue weighted by Crippen LogP contribution is 2.20.